The van der Waals surface area contributed by atoms with Gasteiger partial charge in [0.2, 0.25) is 5.82 Å². The Labute approximate surface area is 111 Å². The molecule has 88 valence electrons. The van der Waals surface area contributed by atoms with E-state index in [0.717, 1.165) is 10.0 Å². The fourth-order valence-corrected chi connectivity index (χ4v) is 2.01. The normalized spacial score (nSPS) is 10.3. The predicted octanol–water partition coefficient (Wildman–Crippen LogP) is 3.28. The number of rotatable bonds is 2. The van der Waals surface area contributed by atoms with E-state index in [2.05, 4.69) is 30.6 Å². The average Bonchev–Trinajstić information content (AvgIpc) is 2.70. The van der Waals surface area contributed by atoms with Gasteiger partial charge < -0.3 is 9.72 Å². The molecule has 0 radical (unpaired) electrons. The summed E-state index contributed by atoms with van der Waals surface area (Å²) in [5, 5.41) is 0.309. The minimum absolute atomic E-state index is 0.0903. The number of methoxy groups -OCH3 is 1. The highest BCUT2D eigenvalue weighted by Crippen LogP contribution is 2.27. The van der Waals surface area contributed by atoms with Gasteiger partial charge in [0.05, 0.1) is 7.11 Å². The number of aromatic amines is 1. The number of nitrogens with one attached hydrogen (secondary N) is 1. The first-order valence-corrected chi connectivity index (χ1v) is 5.88. The number of aromatic nitrogens is 2. The molecule has 1 N–H and O–H groups in total. The van der Waals surface area contributed by atoms with E-state index in [1.165, 1.54) is 7.11 Å². The smallest absolute Gasteiger partial charge is 0.374 e. The summed E-state index contributed by atoms with van der Waals surface area (Å²) in [5.41, 5.74) is 1.34. The molecule has 1 heterocycles. The summed E-state index contributed by atoms with van der Waals surface area (Å²) in [5.74, 6) is -0.458. The second-order valence-corrected chi connectivity index (χ2v) is 4.54. The molecular weight excluding hydrogens is 307 g/mol. The van der Waals surface area contributed by atoms with E-state index in [-0.39, 0.29) is 5.82 Å². The molecule has 0 aliphatic carbocycles. The number of carbonyl (C=O) groups excluding carboxylic acids is 1. The Morgan fingerprint density at radius 2 is 2.29 bits per heavy atom. The number of halogens is 2. The highest BCUT2D eigenvalue weighted by atomic mass is 79.9. The molecule has 0 unspecified atom stereocenters. The van der Waals surface area contributed by atoms with Gasteiger partial charge >= 0.3 is 5.97 Å². The van der Waals surface area contributed by atoms with Crippen LogP contribution in [0.2, 0.25) is 5.15 Å². The van der Waals surface area contributed by atoms with E-state index in [1.54, 1.807) is 0 Å². The molecule has 0 fully saturated rings. The van der Waals surface area contributed by atoms with Crippen LogP contribution in [0, 0.1) is 0 Å². The number of H-pyrrole nitrogens is 1. The molecule has 0 atom stereocenters. The van der Waals surface area contributed by atoms with Crippen molar-refractivity contribution in [2.75, 3.05) is 7.11 Å². The van der Waals surface area contributed by atoms with Gasteiger partial charge in [-0.3, -0.25) is 0 Å². The van der Waals surface area contributed by atoms with Crippen LogP contribution in [0.15, 0.2) is 28.7 Å². The number of nitrogens with zero attached hydrogens (tertiary/aromatic N) is 1. The molecule has 0 saturated heterocycles. The van der Waals surface area contributed by atoms with Gasteiger partial charge in [-0.25, -0.2) is 9.78 Å². The first-order chi connectivity index (χ1) is 8.11. The molecular formula is C11H8BrClN2O2. The fraction of sp³-hybridized carbons (Fsp3) is 0.0909. The monoisotopic (exact) mass is 314 g/mol. The van der Waals surface area contributed by atoms with Crippen molar-refractivity contribution in [2.24, 2.45) is 0 Å². The van der Waals surface area contributed by atoms with Crippen molar-refractivity contribution >= 4 is 33.5 Å². The van der Waals surface area contributed by atoms with Crippen LogP contribution in [0.5, 0.6) is 0 Å². The first kappa shape index (κ1) is 12.1. The van der Waals surface area contributed by atoms with E-state index >= 15 is 0 Å². The zero-order valence-corrected chi connectivity index (χ0v) is 11.2. The fourth-order valence-electron chi connectivity index (χ4n) is 1.37. The number of carbonyl (C=O) groups is 1. The third-order valence-corrected chi connectivity index (χ3v) is 2.90. The molecule has 1 aromatic carbocycles. The molecule has 2 aromatic rings. The van der Waals surface area contributed by atoms with Crippen LogP contribution in [0.4, 0.5) is 0 Å². The highest BCUT2D eigenvalue weighted by molar-refractivity contribution is 9.10. The molecule has 0 bridgehead atoms. The zero-order valence-electron chi connectivity index (χ0n) is 8.83. The van der Waals surface area contributed by atoms with Gasteiger partial charge in [-0.1, -0.05) is 39.7 Å². The lowest BCUT2D eigenvalue weighted by atomic mass is 10.2. The number of esters is 1. The average molecular weight is 316 g/mol. The standard InChI is InChI=1S/C11H8BrClN2O2/c1-17-11(16)10-14-8(9(13)15-10)6-3-2-4-7(12)5-6/h2-5H,1H3,(H,14,15). The van der Waals surface area contributed by atoms with Crippen molar-refractivity contribution in [3.05, 3.63) is 39.7 Å². The summed E-state index contributed by atoms with van der Waals surface area (Å²) in [6.45, 7) is 0. The number of hydrogen-bond acceptors (Lipinski definition) is 3. The van der Waals surface area contributed by atoms with Gasteiger partial charge in [-0.2, -0.15) is 0 Å². The highest BCUT2D eigenvalue weighted by Gasteiger charge is 2.16. The largest absolute Gasteiger partial charge is 0.463 e. The minimum atomic E-state index is -0.548. The van der Waals surface area contributed by atoms with E-state index in [9.17, 15) is 4.79 Å². The second kappa shape index (κ2) is 4.89. The summed E-state index contributed by atoms with van der Waals surface area (Å²) in [6.07, 6.45) is 0. The molecule has 0 aliphatic heterocycles. The van der Waals surface area contributed by atoms with Gasteiger partial charge in [0, 0.05) is 10.0 Å². The van der Waals surface area contributed by atoms with E-state index in [4.69, 9.17) is 11.6 Å². The Morgan fingerprint density at radius 1 is 1.53 bits per heavy atom. The molecule has 1 aromatic heterocycles. The maximum absolute atomic E-state index is 11.3. The number of hydrogen-bond donors (Lipinski definition) is 1. The summed E-state index contributed by atoms with van der Waals surface area (Å²) in [6, 6.07) is 7.48. The van der Waals surface area contributed by atoms with Crippen LogP contribution in [-0.4, -0.2) is 23.0 Å². The van der Waals surface area contributed by atoms with Gasteiger partial charge in [-0.05, 0) is 12.1 Å². The predicted molar refractivity (Wildman–Crippen MR) is 68.1 cm³/mol. The second-order valence-electron chi connectivity index (χ2n) is 3.25. The molecule has 0 amide bonds. The van der Waals surface area contributed by atoms with E-state index < -0.39 is 5.97 Å². The van der Waals surface area contributed by atoms with Gasteiger partial charge in [0.25, 0.3) is 0 Å². The van der Waals surface area contributed by atoms with Gasteiger partial charge in [0.15, 0.2) is 0 Å². The lowest BCUT2D eigenvalue weighted by molar-refractivity contribution is 0.0588. The minimum Gasteiger partial charge on any atom is -0.463 e. The van der Waals surface area contributed by atoms with Crippen LogP contribution in [-0.2, 0) is 4.74 Å². The third-order valence-electron chi connectivity index (χ3n) is 2.14. The van der Waals surface area contributed by atoms with Gasteiger partial charge in [0.1, 0.15) is 10.8 Å². The molecule has 6 heteroatoms. The quantitative estimate of drug-likeness (QED) is 0.865. The molecule has 0 saturated carbocycles. The van der Waals surface area contributed by atoms with Crippen LogP contribution < -0.4 is 0 Å². The van der Waals surface area contributed by atoms with Crippen molar-refractivity contribution in [1.82, 2.24) is 9.97 Å². The first-order valence-electron chi connectivity index (χ1n) is 4.71. The van der Waals surface area contributed by atoms with Crippen LogP contribution >= 0.6 is 27.5 Å². The summed E-state index contributed by atoms with van der Waals surface area (Å²) in [7, 11) is 1.29. The molecule has 4 nitrogen and oxygen atoms in total. The van der Waals surface area contributed by atoms with Gasteiger partial charge in [-0.15, -0.1) is 0 Å². The lowest BCUT2D eigenvalue weighted by Gasteiger charge is -1.97. The van der Waals surface area contributed by atoms with Crippen LogP contribution in [0.25, 0.3) is 11.3 Å². The van der Waals surface area contributed by atoms with Crippen molar-refractivity contribution in [1.29, 1.82) is 0 Å². The van der Waals surface area contributed by atoms with Crippen molar-refractivity contribution in [3.63, 3.8) is 0 Å². The molecule has 17 heavy (non-hydrogen) atoms. The van der Waals surface area contributed by atoms with E-state index in [1.807, 2.05) is 24.3 Å². The lowest BCUT2D eigenvalue weighted by Crippen LogP contribution is -2.03. The summed E-state index contributed by atoms with van der Waals surface area (Å²) < 4.78 is 5.47. The maximum atomic E-state index is 11.3. The Balaban J connectivity index is 2.46. The van der Waals surface area contributed by atoms with E-state index in [0.29, 0.717) is 10.8 Å². The number of benzene rings is 1. The van der Waals surface area contributed by atoms with Crippen molar-refractivity contribution in [2.45, 2.75) is 0 Å². The van der Waals surface area contributed by atoms with Crippen LogP contribution in [0.1, 0.15) is 10.6 Å². The summed E-state index contributed by atoms with van der Waals surface area (Å²) in [4.78, 5) is 18.1. The Bertz CT molecular complexity index is 568. The maximum Gasteiger partial charge on any atom is 0.374 e. The molecule has 0 aliphatic rings. The topological polar surface area (TPSA) is 55.0 Å². The summed E-state index contributed by atoms with van der Waals surface area (Å²) >= 11 is 9.35. The third kappa shape index (κ3) is 2.50. The van der Waals surface area contributed by atoms with Crippen LogP contribution in [0.3, 0.4) is 0 Å². The zero-order chi connectivity index (χ0) is 12.4. The Hall–Kier alpha value is -1.33. The Morgan fingerprint density at radius 3 is 2.94 bits per heavy atom. The SMILES string of the molecule is COC(=O)c1nc(-c2cccc(Br)c2)c(Cl)[nH]1. The number of imidazole rings is 1. The molecule has 2 rings (SSSR count). The van der Waals surface area contributed by atoms with Crippen molar-refractivity contribution < 1.29 is 9.53 Å². The Kier molecular flexibility index (Phi) is 3.49. The van der Waals surface area contributed by atoms with Crippen molar-refractivity contribution in [3.8, 4) is 11.3 Å². The molecule has 0 spiro atoms. The number of ether oxygens (including phenoxy) is 1.